The highest BCUT2D eigenvalue weighted by Gasteiger charge is 2.13. The SMILES string of the molecule is CN(Cc1ccco1)C(=O)c1cccc(CCN)c1. The van der Waals surface area contributed by atoms with Crippen LogP contribution in [-0.4, -0.2) is 24.4 Å². The van der Waals surface area contributed by atoms with Crippen LogP contribution in [0.2, 0.25) is 0 Å². The minimum atomic E-state index is -0.0183. The van der Waals surface area contributed by atoms with E-state index >= 15 is 0 Å². The average Bonchev–Trinajstić information content (AvgIpc) is 2.91. The van der Waals surface area contributed by atoms with Gasteiger partial charge in [-0.1, -0.05) is 12.1 Å². The molecule has 1 aromatic carbocycles. The normalized spacial score (nSPS) is 10.4. The summed E-state index contributed by atoms with van der Waals surface area (Å²) in [7, 11) is 1.76. The molecule has 1 amide bonds. The Kier molecular flexibility index (Phi) is 4.36. The first-order valence-corrected chi connectivity index (χ1v) is 6.27. The van der Waals surface area contributed by atoms with E-state index in [-0.39, 0.29) is 5.91 Å². The minimum absolute atomic E-state index is 0.0183. The molecule has 0 unspecified atom stereocenters. The van der Waals surface area contributed by atoms with Gasteiger partial charge >= 0.3 is 0 Å². The molecule has 2 rings (SSSR count). The average molecular weight is 258 g/mol. The number of nitrogens with two attached hydrogens (primary N) is 1. The first kappa shape index (κ1) is 13.4. The summed E-state index contributed by atoms with van der Waals surface area (Å²) >= 11 is 0. The van der Waals surface area contributed by atoms with Gasteiger partial charge in [0.05, 0.1) is 12.8 Å². The Morgan fingerprint density at radius 1 is 1.32 bits per heavy atom. The third-order valence-electron chi connectivity index (χ3n) is 2.93. The Labute approximate surface area is 112 Å². The number of amides is 1. The van der Waals surface area contributed by atoms with Crippen LogP contribution < -0.4 is 5.73 Å². The van der Waals surface area contributed by atoms with Crippen LogP contribution in [0.25, 0.3) is 0 Å². The second kappa shape index (κ2) is 6.20. The summed E-state index contributed by atoms with van der Waals surface area (Å²) in [6.07, 6.45) is 2.39. The zero-order valence-corrected chi connectivity index (χ0v) is 11.0. The van der Waals surface area contributed by atoms with Gasteiger partial charge in [0, 0.05) is 12.6 Å². The Hall–Kier alpha value is -2.07. The van der Waals surface area contributed by atoms with Crippen molar-refractivity contribution in [3.05, 3.63) is 59.5 Å². The van der Waals surface area contributed by atoms with Crippen molar-refractivity contribution >= 4 is 5.91 Å². The van der Waals surface area contributed by atoms with E-state index in [0.29, 0.717) is 18.7 Å². The number of hydrogen-bond acceptors (Lipinski definition) is 3. The van der Waals surface area contributed by atoms with Gasteiger partial charge in [0.25, 0.3) is 5.91 Å². The highest BCUT2D eigenvalue weighted by atomic mass is 16.3. The summed E-state index contributed by atoms with van der Waals surface area (Å²) in [5, 5.41) is 0. The summed E-state index contributed by atoms with van der Waals surface area (Å²) in [6.45, 7) is 1.05. The lowest BCUT2D eigenvalue weighted by Gasteiger charge is -2.16. The monoisotopic (exact) mass is 258 g/mol. The summed E-state index contributed by atoms with van der Waals surface area (Å²) in [4.78, 5) is 13.9. The minimum Gasteiger partial charge on any atom is -0.467 e. The van der Waals surface area contributed by atoms with Crippen LogP contribution in [0, 0.1) is 0 Å². The Bertz CT molecular complexity index is 535. The molecule has 1 aromatic heterocycles. The molecule has 0 saturated carbocycles. The van der Waals surface area contributed by atoms with Crippen molar-refractivity contribution in [2.75, 3.05) is 13.6 Å². The zero-order chi connectivity index (χ0) is 13.7. The fourth-order valence-electron chi connectivity index (χ4n) is 1.96. The fourth-order valence-corrected chi connectivity index (χ4v) is 1.96. The van der Waals surface area contributed by atoms with Gasteiger partial charge in [-0.2, -0.15) is 0 Å². The Morgan fingerprint density at radius 2 is 2.16 bits per heavy atom. The lowest BCUT2D eigenvalue weighted by molar-refractivity contribution is 0.0775. The highest BCUT2D eigenvalue weighted by molar-refractivity contribution is 5.94. The van der Waals surface area contributed by atoms with E-state index in [1.165, 1.54) is 0 Å². The predicted molar refractivity (Wildman–Crippen MR) is 73.7 cm³/mol. The van der Waals surface area contributed by atoms with Gasteiger partial charge in [0.1, 0.15) is 5.76 Å². The van der Waals surface area contributed by atoms with Gasteiger partial charge in [-0.25, -0.2) is 0 Å². The van der Waals surface area contributed by atoms with Crippen molar-refractivity contribution in [2.24, 2.45) is 5.73 Å². The number of nitrogens with zero attached hydrogens (tertiary/aromatic N) is 1. The number of rotatable bonds is 5. The van der Waals surface area contributed by atoms with E-state index in [2.05, 4.69) is 0 Å². The van der Waals surface area contributed by atoms with Crippen LogP contribution in [0.3, 0.4) is 0 Å². The van der Waals surface area contributed by atoms with Crippen molar-refractivity contribution in [1.29, 1.82) is 0 Å². The molecule has 100 valence electrons. The summed E-state index contributed by atoms with van der Waals surface area (Å²) in [5.74, 6) is 0.754. The van der Waals surface area contributed by atoms with Crippen LogP contribution in [-0.2, 0) is 13.0 Å². The van der Waals surface area contributed by atoms with Crippen molar-refractivity contribution in [3.63, 3.8) is 0 Å². The molecule has 0 aliphatic rings. The molecule has 4 nitrogen and oxygen atoms in total. The summed E-state index contributed by atoms with van der Waals surface area (Å²) in [5.41, 5.74) is 7.29. The molecule has 0 aliphatic heterocycles. The molecule has 2 N–H and O–H groups in total. The van der Waals surface area contributed by atoms with Crippen LogP contribution in [0.4, 0.5) is 0 Å². The van der Waals surface area contributed by atoms with Crippen molar-refractivity contribution < 1.29 is 9.21 Å². The molecule has 1 heterocycles. The molecular weight excluding hydrogens is 240 g/mol. The summed E-state index contributed by atoms with van der Waals surface area (Å²) in [6, 6.07) is 11.3. The van der Waals surface area contributed by atoms with Gasteiger partial charge < -0.3 is 15.1 Å². The van der Waals surface area contributed by atoms with E-state index in [9.17, 15) is 4.79 Å². The quantitative estimate of drug-likeness (QED) is 0.893. The molecule has 2 aromatic rings. The number of hydrogen-bond donors (Lipinski definition) is 1. The van der Waals surface area contributed by atoms with Crippen LogP contribution >= 0.6 is 0 Å². The van der Waals surface area contributed by atoms with Gasteiger partial charge in [0.2, 0.25) is 0 Å². The lowest BCUT2D eigenvalue weighted by atomic mass is 10.1. The van der Waals surface area contributed by atoms with E-state index in [1.807, 2.05) is 36.4 Å². The first-order valence-electron chi connectivity index (χ1n) is 6.27. The molecule has 0 aliphatic carbocycles. The maximum absolute atomic E-state index is 12.3. The second-order valence-electron chi connectivity index (χ2n) is 4.48. The van der Waals surface area contributed by atoms with Crippen molar-refractivity contribution in [2.45, 2.75) is 13.0 Å². The van der Waals surface area contributed by atoms with Gasteiger partial charge in [-0.15, -0.1) is 0 Å². The largest absolute Gasteiger partial charge is 0.467 e. The molecule has 0 fully saturated rings. The van der Waals surface area contributed by atoms with E-state index in [4.69, 9.17) is 10.2 Å². The Balaban J connectivity index is 2.08. The second-order valence-corrected chi connectivity index (χ2v) is 4.48. The standard InChI is InChI=1S/C15H18N2O2/c1-17(11-14-6-3-9-19-14)15(18)13-5-2-4-12(10-13)7-8-16/h2-6,9-10H,7-8,11,16H2,1H3. The molecule has 0 bridgehead atoms. The highest BCUT2D eigenvalue weighted by Crippen LogP contribution is 2.11. The molecule has 0 spiro atoms. The van der Waals surface area contributed by atoms with E-state index in [0.717, 1.165) is 17.7 Å². The topological polar surface area (TPSA) is 59.5 Å². The van der Waals surface area contributed by atoms with E-state index < -0.39 is 0 Å². The van der Waals surface area contributed by atoms with Crippen LogP contribution in [0.15, 0.2) is 47.1 Å². The lowest BCUT2D eigenvalue weighted by Crippen LogP contribution is -2.26. The molecule has 0 saturated heterocycles. The van der Waals surface area contributed by atoms with Crippen molar-refractivity contribution in [3.8, 4) is 0 Å². The van der Waals surface area contributed by atoms with Gasteiger partial charge in [0.15, 0.2) is 0 Å². The third-order valence-corrected chi connectivity index (χ3v) is 2.93. The molecule has 4 heteroatoms. The molecule has 19 heavy (non-hydrogen) atoms. The molecular formula is C15H18N2O2. The molecule has 0 radical (unpaired) electrons. The third kappa shape index (κ3) is 3.45. The maximum atomic E-state index is 12.3. The fraction of sp³-hybridized carbons (Fsp3) is 0.267. The summed E-state index contributed by atoms with van der Waals surface area (Å²) < 4.78 is 5.24. The Morgan fingerprint density at radius 3 is 2.84 bits per heavy atom. The first-order chi connectivity index (χ1) is 9.20. The number of carbonyl (C=O) groups is 1. The van der Waals surface area contributed by atoms with Crippen molar-refractivity contribution in [1.82, 2.24) is 4.90 Å². The van der Waals surface area contributed by atoms with Gasteiger partial charge in [-0.05, 0) is 42.8 Å². The van der Waals surface area contributed by atoms with Crippen LogP contribution in [0.5, 0.6) is 0 Å². The van der Waals surface area contributed by atoms with Crippen LogP contribution in [0.1, 0.15) is 21.7 Å². The zero-order valence-electron chi connectivity index (χ0n) is 11.0. The van der Waals surface area contributed by atoms with E-state index in [1.54, 1.807) is 18.2 Å². The number of carbonyl (C=O) groups excluding carboxylic acids is 1. The smallest absolute Gasteiger partial charge is 0.254 e. The number of furan rings is 1. The number of benzene rings is 1. The molecule has 0 atom stereocenters. The van der Waals surface area contributed by atoms with Gasteiger partial charge in [-0.3, -0.25) is 4.79 Å². The predicted octanol–water partition coefficient (Wildman–Crippen LogP) is 2.05. The maximum Gasteiger partial charge on any atom is 0.254 e.